The van der Waals surface area contributed by atoms with Crippen molar-refractivity contribution in [3.8, 4) is 0 Å². The highest BCUT2D eigenvalue weighted by atomic mass is 35.5. The van der Waals surface area contributed by atoms with Crippen LogP contribution in [0.2, 0.25) is 0 Å². The van der Waals surface area contributed by atoms with Crippen molar-refractivity contribution in [1.82, 2.24) is 9.88 Å². The molecular weight excluding hydrogens is 268 g/mol. The van der Waals surface area contributed by atoms with E-state index in [1.54, 1.807) is 0 Å². The van der Waals surface area contributed by atoms with Crippen LogP contribution in [0.1, 0.15) is 29.1 Å². The molecule has 3 rings (SSSR count). The van der Waals surface area contributed by atoms with Gasteiger partial charge in [-0.1, -0.05) is 12.1 Å². The number of hydrogen-bond donors (Lipinski definition) is 0. The maximum Gasteiger partial charge on any atom is 0.282 e. The molecule has 1 amide bonds. The summed E-state index contributed by atoms with van der Waals surface area (Å²) in [5.41, 5.74) is 0.929. The Morgan fingerprint density at radius 1 is 1.17 bits per heavy atom. The van der Waals surface area contributed by atoms with Crippen LogP contribution in [0.5, 0.6) is 0 Å². The van der Waals surface area contributed by atoms with Crippen LogP contribution in [0.15, 0.2) is 24.3 Å². The van der Waals surface area contributed by atoms with Crippen molar-refractivity contribution < 1.29 is 4.79 Å². The molecule has 96 valence electrons. The number of carbonyl (C=O) groups is 1. The Morgan fingerprint density at radius 2 is 1.89 bits per heavy atom. The molecule has 0 atom stereocenters. The Bertz CT molecular complexity index is 516. The van der Waals surface area contributed by atoms with E-state index in [0.717, 1.165) is 36.1 Å². The summed E-state index contributed by atoms with van der Waals surface area (Å²) in [5, 5.41) is 0.633. The summed E-state index contributed by atoms with van der Waals surface area (Å²) in [7, 11) is 0. The summed E-state index contributed by atoms with van der Waals surface area (Å²) in [6, 6.07) is 7.91. The molecule has 0 N–H and O–H groups in total. The molecule has 1 aliphatic heterocycles. The predicted molar refractivity (Wildman–Crippen MR) is 76.6 cm³/mol. The number of amides is 1. The fourth-order valence-corrected chi connectivity index (χ4v) is 3.13. The van der Waals surface area contributed by atoms with Crippen LogP contribution in [-0.2, 0) is 0 Å². The van der Waals surface area contributed by atoms with Crippen molar-refractivity contribution in [2.24, 2.45) is 0 Å². The van der Waals surface area contributed by atoms with Crippen LogP contribution in [0.3, 0.4) is 0 Å². The average molecular weight is 283 g/mol. The maximum atomic E-state index is 12.2. The third-order valence-corrected chi connectivity index (χ3v) is 4.14. The van der Waals surface area contributed by atoms with Gasteiger partial charge in [-0.25, -0.2) is 4.98 Å². The van der Waals surface area contributed by atoms with E-state index in [1.165, 1.54) is 17.8 Å². The van der Waals surface area contributed by atoms with Crippen LogP contribution < -0.4 is 0 Å². The van der Waals surface area contributed by atoms with Crippen LogP contribution in [0.4, 0.5) is 0 Å². The van der Waals surface area contributed by atoms with Crippen LogP contribution >= 0.6 is 23.7 Å². The van der Waals surface area contributed by atoms with E-state index in [4.69, 9.17) is 0 Å². The highest BCUT2D eigenvalue weighted by molar-refractivity contribution is 7.20. The van der Waals surface area contributed by atoms with Crippen molar-refractivity contribution in [1.29, 1.82) is 0 Å². The van der Waals surface area contributed by atoms with Crippen molar-refractivity contribution in [2.75, 3.05) is 13.1 Å². The van der Waals surface area contributed by atoms with E-state index in [0.29, 0.717) is 5.01 Å². The summed E-state index contributed by atoms with van der Waals surface area (Å²) < 4.78 is 1.09. The summed E-state index contributed by atoms with van der Waals surface area (Å²) in [4.78, 5) is 18.6. The largest absolute Gasteiger partial charge is 0.337 e. The number of para-hydroxylation sites is 1. The van der Waals surface area contributed by atoms with Gasteiger partial charge in [0.2, 0.25) is 0 Å². The molecule has 0 radical (unpaired) electrons. The van der Waals surface area contributed by atoms with Crippen molar-refractivity contribution in [2.45, 2.75) is 19.3 Å². The van der Waals surface area contributed by atoms with Gasteiger partial charge in [-0.05, 0) is 31.4 Å². The zero-order chi connectivity index (χ0) is 11.7. The molecule has 1 fully saturated rings. The van der Waals surface area contributed by atoms with E-state index < -0.39 is 0 Å². The van der Waals surface area contributed by atoms with Gasteiger partial charge in [-0.3, -0.25) is 4.79 Å². The van der Waals surface area contributed by atoms with E-state index in [2.05, 4.69) is 4.98 Å². The molecule has 1 aliphatic rings. The molecule has 2 aromatic rings. The lowest BCUT2D eigenvalue weighted by Crippen LogP contribution is -2.35. The fourth-order valence-electron chi connectivity index (χ4n) is 2.20. The standard InChI is InChI=1S/C13H14N2OS.ClH/c16-13(15-8-4-1-5-9-15)12-14-10-6-2-3-7-11(10)17-12;/h2-3,6-7H,1,4-5,8-9H2;1H. The van der Waals surface area contributed by atoms with Gasteiger partial charge in [0.1, 0.15) is 0 Å². The lowest BCUT2D eigenvalue weighted by Gasteiger charge is -2.25. The third kappa shape index (κ3) is 2.49. The van der Waals surface area contributed by atoms with Gasteiger partial charge in [0.15, 0.2) is 5.01 Å². The quantitative estimate of drug-likeness (QED) is 0.804. The molecule has 1 aromatic heterocycles. The van der Waals surface area contributed by atoms with Crippen LogP contribution in [0, 0.1) is 0 Å². The first kappa shape index (κ1) is 13.3. The Morgan fingerprint density at radius 3 is 2.61 bits per heavy atom. The van der Waals surface area contributed by atoms with Gasteiger partial charge in [-0.15, -0.1) is 23.7 Å². The third-order valence-electron chi connectivity index (χ3n) is 3.12. The van der Waals surface area contributed by atoms with Gasteiger partial charge >= 0.3 is 0 Å². The number of thiazole rings is 1. The molecule has 5 heteroatoms. The number of aromatic nitrogens is 1. The summed E-state index contributed by atoms with van der Waals surface area (Å²) in [6.07, 6.45) is 3.48. The summed E-state index contributed by atoms with van der Waals surface area (Å²) in [5.74, 6) is 0.103. The van der Waals surface area contributed by atoms with Gasteiger partial charge in [-0.2, -0.15) is 0 Å². The number of likely N-dealkylation sites (tertiary alicyclic amines) is 1. The highest BCUT2D eigenvalue weighted by Crippen LogP contribution is 2.23. The monoisotopic (exact) mass is 282 g/mol. The Hall–Kier alpha value is -1.13. The molecule has 2 heterocycles. The first-order valence-corrected chi connectivity index (χ1v) is 6.81. The minimum Gasteiger partial charge on any atom is -0.337 e. The lowest BCUT2D eigenvalue weighted by atomic mass is 10.1. The Balaban J connectivity index is 0.00000120. The number of hydrogen-bond acceptors (Lipinski definition) is 3. The average Bonchev–Trinajstić information content (AvgIpc) is 2.82. The summed E-state index contributed by atoms with van der Waals surface area (Å²) >= 11 is 1.50. The van der Waals surface area contributed by atoms with Gasteiger partial charge in [0.25, 0.3) is 5.91 Å². The molecule has 0 unspecified atom stereocenters. The van der Waals surface area contributed by atoms with E-state index in [-0.39, 0.29) is 18.3 Å². The molecule has 0 aliphatic carbocycles. The molecular formula is C13H15ClN2OS. The minimum absolute atomic E-state index is 0. The van der Waals surface area contributed by atoms with E-state index in [1.807, 2.05) is 29.2 Å². The predicted octanol–water partition coefficient (Wildman–Crippen LogP) is 3.34. The lowest BCUT2D eigenvalue weighted by molar-refractivity contribution is 0.0724. The van der Waals surface area contributed by atoms with Crippen LogP contribution in [-0.4, -0.2) is 28.9 Å². The zero-order valence-electron chi connectivity index (χ0n) is 9.96. The Kier molecular flexibility index (Phi) is 4.19. The van der Waals surface area contributed by atoms with E-state index in [9.17, 15) is 4.79 Å². The normalized spacial score (nSPS) is 15.4. The smallest absolute Gasteiger partial charge is 0.282 e. The molecule has 0 saturated carbocycles. The topological polar surface area (TPSA) is 33.2 Å². The number of halogens is 1. The van der Waals surface area contributed by atoms with Crippen molar-refractivity contribution in [3.05, 3.63) is 29.3 Å². The van der Waals surface area contributed by atoms with Gasteiger partial charge in [0, 0.05) is 13.1 Å². The van der Waals surface area contributed by atoms with Crippen molar-refractivity contribution >= 4 is 39.9 Å². The number of carbonyl (C=O) groups excluding carboxylic acids is 1. The molecule has 0 spiro atoms. The second-order valence-corrected chi connectivity index (χ2v) is 5.37. The van der Waals surface area contributed by atoms with Crippen molar-refractivity contribution in [3.63, 3.8) is 0 Å². The number of fused-ring (bicyclic) bond motifs is 1. The number of benzene rings is 1. The second kappa shape index (κ2) is 5.67. The molecule has 0 bridgehead atoms. The SMILES string of the molecule is Cl.O=C(c1nc2ccccc2s1)N1CCCCC1. The molecule has 3 nitrogen and oxygen atoms in total. The summed E-state index contributed by atoms with van der Waals surface area (Å²) in [6.45, 7) is 1.77. The first-order valence-electron chi connectivity index (χ1n) is 5.99. The number of nitrogens with zero attached hydrogens (tertiary/aromatic N) is 2. The van der Waals surface area contributed by atoms with Crippen LogP contribution in [0.25, 0.3) is 10.2 Å². The van der Waals surface area contributed by atoms with E-state index >= 15 is 0 Å². The van der Waals surface area contributed by atoms with Gasteiger partial charge in [0.05, 0.1) is 10.2 Å². The first-order chi connectivity index (χ1) is 8.34. The number of rotatable bonds is 1. The molecule has 1 aromatic carbocycles. The molecule has 1 saturated heterocycles. The molecule has 18 heavy (non-hydrogen) atoms. The zero-order valence-corrected chi connectivity index (χ0v) is 11.6. The number of piperidine rings is 1. The maximum absolute atomic E-state index is 12.2. The minimum atomic E-state index is 0. The highest BCUT2D eigenvalue weighted by Gasteiger charge is 2.21. The fraction of sp³-hybridized carbons (Fsp3) is 0.385. The second-order valence-electron chi connectivity index (χ2n) is 4.34. The van der Waals surface area contributed by atoms with Gasteiger partial charge < -0.3 is 4.90 Å². The Labute approximate surface area is 116 Å².